The fourth-order valence-corrected chi connectivity index (χ4v) is 1.86. The van der Waals surface area contributed by atoms with Crippen LogP contribution < -0.4 is 5.32 Å². The lowest BCUT2D eigenvalue weighted by Crippen LogP contribution is -2.36. The Balaban J connectivity index is 2.43. The average molecular weight is 309 g/mol. The van der Waals surface area contributed by atoms with E-state index in [0.717, 1.165) is 9.86 Å². The van der Waals surface area contributed by atoms with E-state index in [9.17, 15) is 9.90 Å². The van der Waals surface area contributed by atoms with Crippen LogP contribution in [0.3, 0.4) is 0 Å². The molecule has 2 N–H and O–H groups in total. The first-order valence-electron chi connectivity index (χ1n) is 5.46. The van der Waals surface area contributed by atoms with Gasteiger partial charge < -0.3 is 10.4 Å². The van der Waals surface area contributed by atoms with Crippen molar-refractivity contribution in [3.63, 3.8) is 0 Å². The van der Waals surface area contributed by atoms with E-state index in [1.54, 1.807) is 12.3 Å². The number of rotatable bonds is 2. The van der Waals surface area contributed by atoms with E-state index in [-0.39, 0.29) is 0 Å². The van der Waals surface area contributed by atoms with Crippen LogP contribution in [0.5, 0.6) is 0 Å². The quantitative estimate of drug-likeness (QED) is 0.896. The van der Waals surface area contributed by atoms with Crippen LogP contribution in [0.4, 0.5) is 5.69 Å². The second-order valence-corrected chi connectivity index (χ2v) is 5.46. The first kappa shape index (κ1) is 13.0. The molecule has 2 aromatic rings. The van der Waals surface area contributed by atoms with Gasteiger partial charge in [0.2, 0.25) is 0 Å². The molecule has 0 aliphatic heterocycles. The normalized spacial score (nSPS) is 11.6. The average Bonchev–Trinajstić information content (AvgIpc) is 2.27. The Hall–Kier alpha value is -1.46. The number of halogens is 1. The second-order valence-electron chi connectivity index (χ2n) is 4.54. The number of aromatic nitrogens is 1. The SMILES string of the molecule is CC(C)(O)C(=O)Nc1cccc2cc(Br)cnc12. The molecule has 0 aliphatic rings. The first-order chi connectivity index (χ1) is 8.38. The molecule has 1 aromatic carbocycles. The van der Waals surface area contributed by atoms with Gasteiger partial charge in [-0.2, -0.15) is 0 Å². The van der Waals surface area contributed by atoms with Crippen LogP contribution >= 0.6 is 15.9 Å². The lowest BCUT2D eigenvalue weighted by molar-refractivity contribution is -0.130. The standard InChI is InChI=1S/C13H13BrN2O2/c1-13(2,18)12(17)16-10-5-3-4-8-6-9(14)7-15-11(8)10/h3-7,18H,1-2H3,(H,16,17). The number of fused-ring (bicyclic) bond motifs is 1. The number of hydrogen-bond acceptors (Lipinski definition) is 3. The molecule has 1 heterocycles. The number of pyridine rings is 1. The number of benzene rings is 1. The first-order valence-corrected chi connectivity index (χ1v) is 6.25. The summed E-state index contributed by atoms with van der Waals surface area (Å²) in [5, 5.41) is 13.2. The summed E-state index contributed by atoms with van der Waals surface area (Å²) in [4.78, 5) is 16.0. The highest BCUT2D eigenvalue weighted by atomic mass is 79.9. The van der Waals surface area contributed by atoms with Crippen molar-refractivity contribution in [3.05, 3.63) is 34.9 Å². The van der Waals surface area contributed by atoms with E-state index in [4.69, 9.17) is 0 Å². The van der Waals surface area contributed by atoms with Crippen LogP contribution in [0.1, 0.15) is 13.8 Å². The fraction of sp³-hybridized carbons (Fsp3) is 0.231. The molecule has 4 nitrogen and oxygen atoms in total. The minimum Gasteiger partial charge on any atom is -0.381 e. The van der Waals surface area contributed by atoms with Crippen molar-refractivity contribution >= 4 is 38.4 Å². The lowest BCUT2D eigenvalue weighted by Gasteiger charge is -2.17. The monoisotopic (exact) mass is 308 g/mol. The smallest absolute Gasteiger partial charge is 0.255 e. The molecule has 0 bridgehead atoms. The Labute approximate surface area is 113 Å². The van der Waals surface area contributed by atoms with Crippen LogP contribution in [0.2, 0.25) is 0 Å². The van der Waals surface area contributed by atoms with Crippen molar-refractivity contribution in [2.75, 3.05) is 5.32 Å². The van der Waals surface area contributed by atoms with Crippen molar-refractivity contribution in [3.8, 4) is 0 Å². The van der Waals surface area contributed by atoms with Gasteiger partial charge in [0, 0.05) is 16.1 Å². The predicted molar refractivity (Wildman–Crippen MR) is 74.4 cm³/mol. The Morgan fingerprint density at radius 3 is 2.83 bits per heavy atom. The van der Waals surface area contributed by atoms with Crippen molar-refractivity contribution in [2.24, 2.45) is 0 Å². The second kappa shape index (κ2) is 4.66. The highest BCUT2D eigenvalue weighted by molar-refractivity contribution is 9.10. The van der Waals surface area contributed by atoms with E-state index >= 15 is 0 Å². The molecule has 0 spiro atoms. The van der Waals surface area contributed by atoms with Crippen LogP contribution in [0.25, 0.3) is 10.9 Å². The number of para-hydroxylation sites is 1. The van der Waals surface area contributed by atoms with E-state index in [1.807, 2.05) is 18.2 Å². The molecule has 94 valence electrons. The zero-order chi connectivity index (χ0) is 13.3. The molecule has 5 heteroatoms. The van der Waals surface area contributed by atoms with E-state index in [0.29, 0.717) is 11.2 Å². The molecular weight excluding hydrogens is 296 g/mol. The van der Waals surface area contributed by atoms with Crippen molar-refractivity contribution in [1.82, 2.24) is 4.98 Å². The Morgan fingerprint density at radius 1 is 1.44 bits per heavy atom. The fourth-order valence-electron chi connectivity index (χ4n) is 1.51. The summed E-state index contributed by atoms with van der Waals surface area (Å²) in [7, 11) is 0. The van der Waals surface area contributed by atoms with E-state index in [2.05, 4.69) is 26.2 Å². The van der Waals surface area contributed by atoms with Crippen LogP contribution in [0, 0.1) is 0 Å². The maximum Gasteiger partial charge on any atom is 0.255 e. The summed E-state index contributed by atoms with van der Waals surface area (Å²) < 4.78 is 0.876. The molecule has 0 atom stereocenters. The molecular formula is C13H13BrN2O2. The number of nitrogens with one attached hydrogen (secondary N) is 1. The highest BCUT2D eigenvalue weighted by Gasteiger charge is 2.24. The van der Waals surface area contributed by atoms with Gasteiger partial charge in [-0.15, -0.1) is 0 Å². The number of hydrogen-bond donors (Lipinski definition) is 2. The Bertz CT molecular complexity index is 605. The number of carbonyl (C=O) groups excluding carboxylic acids is 1. The Kier molecular flexibility index (Phi) is 3.36. The van der Waals surface area contributed by atoms with Crippen molar-refractivity contribution < 1.29 is 9.90 Å². The van der Waals surface area contributed by atoms with Gasteiger partial charge in [0.05, 0.1) is 11.2 Å². The van der Waals surface area contributed by atoms with E-state index < -0.39 is 11.5 Å². The zero-order valence-electron chi connectivity index (χ0n) is 10.1. The number of carbonyl (C=O) groups is 1. The maximum absolute atomic E-state index is 11.7. The third kappa shape index (κ3) is 2.68. The van der Waals surface area contributed by atoms with Crippen LogP contribution in [-0.4, -0.2) is 21.6 Å². The van der Waals surface area contributed by atoms with Gasteiger partial charge in [0.15, 0.2) is 0 Å². The van der Waals surface area contributed by atoms with Gasteiger partial charge in [-0.05, 0) is 41.9 Å². The summed E-state index contributed by atoms with van der Waals surface area (Å²) >= 11 is 3.35. The topological polar surface area (TPSA) is 62.2 Å². The molecule has 0 saturated heterocycles. The number of nitrogens with zero attached hydrogens (tertiary/aromatic N) is 1. The van der Waals surface area contributed by atoms with Gasteiger partial charge in [-0.25, -0.2) is 0 Å². The minimum atomic E-state index is -1.42. The van der Waals surface area contributed by atoms with Gasteiger partial charge in [-0.3, -0.25) is 9.78 Å². The highest BCUT2D eigenvalue weighted by Crippen LogP contribution is 2.24. The van der Waals surface area contributed by atoms with E-state index in [1.165, 1.54) is 13.8 Å². The largest absolute Gasteiger partial charge is 0.381 e. The number of amides is 1. The number of aliphatic hydroxyl groups is 1. The molecule has 2 rings (SSSR count). The summed E-state index contributed by atoms with van der Waals surface area (Å²) in [5.41, 5.74) is -0.136. The maximum atomic E-state index is 11.7. The Morgan fingerprint density at radius 2 is 2.17 bits per heavy atom. The molecule has 0 radical (unpaired) electrons. The van der Waals surface area contributed by atoms with Gasteiger partial charge in [-0.1, -0.05) is 12.1 Å². The van der Waals surface area contributed by atoms with Gasteiger partial charge in [0.1, 0.15) is 5.60 Å². The third-order valence-corrected chi connectivity index (χ3v) is 2.92. The molecule has 1 amide bonds. The van der Waals surface area contributed by atoms with Crippen LogP contribution in [0.15, 0.2) is 34.9 Å². The van der Waals surface area contributed by atoms with Crippen molar-refractivity contribution in [1.29, 1.82) is 0 Å². The molecule has 18 heavy (non-hydrogen) atoms. The lowest BCUT2D eigenvalue weighted by atomic mass is 10.1. The predicted octanol–water partition coefficient (Wildman–Crippen LogP) is 2.71. The summed E-state index contributed by atoms with van der Waals surface area (Å²) in [5.74, 6) is -0.459. The molecule has 1 aromatic heterocycles. The van der Waals surface area contributed by atoms with Gasteiger partial charge >= 0.3 is 0 Å². The van der Waals surface area contributed by atoms with Crippen molar-refractivity contribution in [2.45, 2.75) is 19.4 Å². The zero-order valence-corrected chi connectivity index (χ0v) is 11.7. The summed E-state index contributed by atoms with van der Waals surface area (Å²) in [6, 6.07) is 7.41. The van der Waals surface area contributed by atoms with Crippen LogP contribution in [-0.2, 0) is 4.79 Å². The third-order valence-electron chi connectivity index (χ3n) is 2.48. The van der Waals surface area contributed by atoms with Gasteiger partial charge in [0.25, 0.3) is 5.91 Å². The molecule has 0 unspecified atom stereocenters. The molecule has 0 saturated carbocycles. The minimum absolute atomic E-state index is 0.459. The number of anilines is 1. The summed E-state index contributed by atoms with van der Waals surface area (Å²) in [6.45, 7) is 2.88. The molecule has 0 fully saturated rings. The summed E-state index contributed by atoms with van der Waals surface area (Å²) in [6.07, 6.45) is 1.67. The molecule has 0 aliphatic carbocycles.